The van der Waals surface area contributed by atoms with Crippen molar-refractivity contribution in [2.24, 2.45) is 0 Å². The summed E-state index contributed by atoms with van der Waals surface area (Å²) in [6, 6.07) is 9.06. The van der Waals surface area contributed by atoms with Crippen LogP contribution < -0.4 is 4.72 Å². The van der Waals surface area contributed by atoms with Crippen molar-refractivity contribution in [3.05, 3.63) is 40.5 Å². The maximum absolute atomic E-state index is 11.8. The number of aromatic nitrogens is 2. The number of nitrogens with zero attached hydrogens (tertiary/aromatic N) is 1. The summed E-state index contributed by atoms with van der Waals surface area (Å²) >= 11 is 3.34. The Kier molecular flexibility index (Phi) is 5.33. The molecule has 0 unspecified atom stereocenters. The number of ether oxygens (including phenoxy) is 1. The Morgan fingerprint density at radius 2 is 2.05 bits per heavy atom. The Balaban J connectivity index is 1.93. The summed E-state index contributed by atoms with van der Waals surface area (Å²) in [5.41, 5.74) is 1.68. The lowest BCUT2D eigenvalue weighted by atomic mass is 10.1. The minimum absolute atomic E-state index is 0.0261. The third kappa shape index (κ3) is 4.93. The number of rotatable bonds is 6. The van der Waals surface area contributed by atoms with E-state index < -0.39 is 16.0 Å². The molecule has 2 N–H and O–H groups in total. The fraction of sp³-hybridized carbons (Fsp3) is 0.231. The molecule has 1 aromatic heterocycles. The lowest BCUT2D eigenvalue weighted by Crippen LogP contribution is -2.27. The van der Waals surface area contributed by atoms with E-state index in [1.165, 1.54) is 0 Å². The summed E-state index contributed by atoms with van der Waals surface area (Å²) in [4.78, 5) is 11.8. The molecule has 118 valence electrons. The average Bonchev–Trinajstić information content (AvgIpc) is 2.93. The molecule has 2 aromatic rings. The zero-order valence-electron chi connectivity index (χ0n) is 11.7. The highest BCUT2D eigenvalue weighted by Gasteiger charge is 2.12. The average molecular weight is 388 g/mol. The predicted molar refractivity (Wildman–Crippen MR) is 84.9 cm³/mol. The molecule has 0 aliphatic carbocycles. The lowest BCUT2D eigenvalue weighted by Gasteiger charge is -2.03. The van der Waals surface area contributed by atoms with E-state index in [9.17, 15) is 13.2 Å². The van der Waals surface area contributed by atoms with Crippen molar-refractivity contribution in [3.63, 3.8) is 0 Å². The highest BCUT2D eigenvalue weighted by Crippen LogP contribution is 2.20. The first-order valence-corrected chi connectivity index (χ1v) is 8.97. The predicted octanol–water partition coefficient (Wildman–Crippen LogP) is 1.55. The van der Waals surface area contributed by atoms with Crippen LogP contribution in [-0.2, 0) is 14.8 Å². The molecule has 0 atom stereocenters. The summed E-state index contributed by atoms with van der Waals surface area (Å²) in [6.07, 6.45) is 1.04. The molecule has 1 heterocycles. The maximum atomic E-state index is 11.8. The molecule has 0 saturated carbocycles. The van der Waals surface area contributed by atoms with E-state index in [2.05, 4.69) is 30.8 Å². The Morgan fingerprint density at radius 1 is 1.36 bits per heavy atom. The monoisotopic (exact) mass is 387 g/mol. The molecular weight excluding hydrogens is 374 g/mol. The van der Waals surface area contributed by atoms with Gasteiger partial charge in [0.1, 0.15) is 12.3 Å². The van der Waals surface area contributed by atoms with Crippen LogP contribution in [0.4, 0.5) is 0 Å². The van der Waals surface area contributed by atoms with Crippen molar-refractivity contribution in [2.75, 3.05) is 19.4 Å². The molecule has 0 radical (unpaired) electrons. The number of nitrogens with one attached hydrogen (secondary N) is 2. The molecule has 22 heavy (non-hydrogen) atoms. The van der Waals surface area contributed by atoms with Gasteiger partial charge < -0.3 is 4.74 Å². The van der Waals surface area contributed by atoms with Gasteiger partial charge in [0.25, 0.3) is 0 Å². The summed E-state index contributed by atoms with van der Waals surface area (Å²) in [7, 11) is -3.29. The van der Waals surface area contributed by atoms with Crippen LogP contribution in [0.25, 0.3) is 11.3 Å². The van der Waals surface area contributed by atoms with Gasteiger partial charge in [-0.1, -0.05) is 28.1 Å². The second-order valence-corrected chi connectivity index (χ2v) is 7.22. The number of hydrogen-bond donors (Lipinski definition) is 2. The van der Waals surface area contributed by atoms with Gasteiger partial charge in [-0.2, -0.15) is 5.10 Å². The third-order valence-electron chi connectivity index (χ3n) is 2.64. The van der Waals surface area contributed by atoms with Crippen molar-refractivity contribution in [1.82, 2.24) is 14.9 Å². The topological polar surface area (TPSA) is 101 Å². The first-order valence-electron chi connectivity index (χ1n) is 6.28. The number of aromatic amines is 1. The Hall–Kier alpha value is -1.71. The number of benzene rings is 1. The van der Waals surface area contributed by atoms with Crippen molar-refractivity contribution in [1.29, 1.82) is 0 Å². The van der Waals surface area contributed by atoms with Gasteiger partial charge in [-0.25, -0.2) is 17.9 Å². The zero-order chi connectivity index (χ0) is 16.2. The van der Waals surface area contributed by atoms with Gasteiger partial charge in [-0.05, 0) is 18.2 Å². The van der Waals surface area contributed by atoms with E-state index >= 15 is 0 Å². The molecule has 7 nitrogen and oxygen atoms in total. The SMILES string of the molecule is CS(=O)(=O)NCCOC(=O)c1cc(-c2ccc(Br)cc2)n[nH]1. The number of halogens is 1. The van der Waals surface area contributed by atoms with Crippen LogP contribution in [-0.4, -0.2) is 44.0 Å². The molecule has 9 heteroatoms. The molecule has 0 spiro atoms. The fourth-order valence-corrected chi connectivity index (χ4v) is 2.36. The molecule has 2 rings (SSSR count). The van der Waals surface area contributed by atoms with E-state index in [4.69, 9.17) is 4.74 Å². The number of sulfonamides is 1. The van der Waals surface area contributed by atoms with E-state index in [1.54, 1.807) is 6.07 Å². The van der Waals surface area contributed by atoms with Gasteiger partial charge >= 0.3 is 5.97 Å². The summed E-state index contributed by atoms with van der Waals surface area (Å²) in [6.45, 7) is -0.0309. The minimum Gasteiger partial charge on any atom is -0.460 e. The summed E-state index contributed by atoms with van der Waals surface area (Å²) < 4.78 is 29.8. The van der Waals surface area contributed by atoms with Crippen LogP contribution in [0, 0.1) is 0 Å². The highest BCUT2D eigenvalue weighted by molar-refractivity contribution is 9.10. The van der Waals surface area contributed by atoms with Crippen LogP contribution in [0.1, 0.15) is 10.5 Å². The van der Waals surface area contributed by atoms with Gasteiger partial charge in [-0.3, -0.25) is 5.10 Å². The zero-order valence-corrected chi connectivity index (χ0v) is 14.1. The second kappa shape index (κ2) is 7.03. The quantitative estimate of drug-likeness (QED) is 0.578. The number of carbonyl (C=O) groups excluding carboxylic acids is 1. The van der Waals surface area contributed by atoms with Crippen molar-refractivity contribution in [2.45, 2.75) is 0 Å². The van der Waals surface area contributed by atoms with E-state index in [0.29, 0.717) is 5.69 Å². The molecule has 0 aliphatic rings. The molecule has 0 saturated heterocycles. The standard InChI is InChI=1S/C13H14BrN3O4S/c1-22(19,20)15-6-7-21-13(18)12-8-11(16-17-12)9-2-4-10(14)5-3-9/h2-5,8,15H,6-7H2,1H3,(H,16,17). The van der Waals surface area contributed by atoms with Crippen molar-refractivity contribution >= 4 is 31.9 Å². The van der Waals surface area contributed by atoms with Crippen LogP contribution in [0.3, 0.4) is 0 Å². The lowest BCUT2D eigenvalue weighted by molar-refractivity contribution is 0.0506. The first-order chi connectivity index (χ1) is 10.3. The summed E-state index contributed by atoms with van der Waals surface area (Å²) in [5, 5.41) is 6.65. The Morgan fingerprint density at radius 3 is 2.68 bits per heavy atom. The number of H-pyrrole nitrogens is 1. The number of hydrogen-bond acceptors (Lipinski definition) is 5. The molecular formula is C13H14BrN3O4S. The highest BCUT2D eigenvalue weighted by atomic mass is 79.9. The normalized spacial score (nSPS) is 11.4. The minimum atomic E-state index is -3.29. The van der Waals surface area contributed by atoms with Crippen molar-refractivity contribution in [3.8, 4) is 11.3 Å². The molecule has 1 aromatic carbocycles. The van der Waals surface area contributed by atoms with Gasteiger partial charge in [-0.15, -0.1) is 0 Å². The number of esters is 1. The smallest absolute Gasteiger partial charge is 0.356 e. The maximum Gasteiger partial charge on any atom is 0.356 e. The van der Waals surface area contributed by atoms with E-state index in [0.717, 1.165) is 16.3 Å². The van der Waals surface area contributed by atoms with Crippen LogP contribution in [0.5, 0.6) is 0 Å². The van der Waals surface area contributed by atoms with Gasteiger partial charge in [0.2, 0.25) is 10.0 Å². The number of carbonyl (C=O) groups is 1. The first kappa shape index (κ1) is 16.7. The second-order valence-electron chi connectivity index (χ2n) is 4.48. The van der Waals surface area contributed by atoms with E-state index in [-0.39, 0.29) is 18.8 Å². The van der Waals surface area contributed by atoms with Crippen LogP contribution in [0.2, 0.25) is 0 Å². The van der Waals surface area contributed by atoms with Crippen LogP contribution >= 0.6 is 15.9 Å². The third-order valence-corrected chi connectivity index (χ3v) is 3.89. The largest absolute Gasteiger partial charge is 0.460 e. The van der Waals surface area contributed by atoms with E-state index in [1.807, 2.05) is 24.3 Å². The molecule has 0 aliphatic heterocycles. The van der Waals surface area contributed by atoms with Crippen LogP contribution in [0.15, 0.2) is 34.8 Å². The molecule has 0 amide bonds. The molecule has 0 bridgehead atoms. The Labute approximate surface area is 136 Å². The summed E-state index contributed by atoms with van der Waals surface area (Å²) in [5.74, 6) is -0.592. The molecule has 0 fully saturated rings. The fourth-order valence-electron chi connectivity index (χ4n) is 1.64. The van der Waals surface area contributed by atoms with Gasteiger partial charge in [0.15, 0.2) is 0 Å². The van der Waals surface area contributed by atoms with Crippen molar-refractivity contribution < 1.29 is 17.9 Å². The van der Waals surface area contributed by atoms with Gasteiger partial charge in [0.05, 0.1) is 11.9 Å². The van der Waals surface area contributed by atoms with Gasteiger partial charge in [0, 0.05) is 16.6 Å². The Bertz CT molecular complexity index is 756.